The molecule has 1 aliphatic heterocycles. The number of thiophene rings is 1. The Morgan fingerprint density at radius 3 is 2.78 bits per heavy atom. The van der Waals surface area contributed by atoms with Crippen molar-refractivity contribution < 1.29 is 14.3 Å². The van der Waals surface area contributed by atoms with Gasteiger partial charge in [-0.2, -0.15) is 0 Å². The lowest BCUT2D eigenvalue weighted by atomic mass is 9.98. The number of ether oxygens (including phenoxy) is 1. The first-order chi connectivity index (χ1) is 11.0. The SMILES string of the molecule is CC1(C)Nc2ccccc2N(CCOC(=O)c2cccs2)C1=O. The highest BCUT2D eigenvalue weighted by molar-refractivity contribution is 7.11. The number of anilines is 2. The van der Waals surface area contributed by atoms with E-state index in [1.807, 2.05) is 43.5 Å². The van der Waals surface area contributed by atoms with Crippen molar-refractivity contribution >= 4 is 34.6 Å². The summed E-state index contributed by atoms with van der Waals surface area (Å²) in [5, 5.41) is 5.07. The van der Waals surface area contributed by atoms with E-state index in [0.717, 1.165) is 11.4 Å². The summed E-state index contributed by atoms with van der Waals surface area (Å²) in [5.41, 5.74) is 1.03. The fraction of sp³-hybridized carbons (Fsp3) is 0.294. The van der Waals surface area contributed by atoms with Crippen LogP contribution in [-0.4, -0.2) is 30.6 Å². The van der Waals surface area contributed by atoms with Crippen molar-refractivity contribution in [3.8, 4) is 0 Å². The van der Waals surface area contributed by atoms with Gasteiger partial charge in [-0.1, -0.05) is 18.2 Å². The van der Waals surface area contributed by atoms with Crippen molar-refractivity contribution in [2.75, 3.05) is 23.4 Å². The summed E-state index contributed by atoms with van der Waals surface area (Å²) in [7, 11) is 0. The van der Waals surface area contributed by atoms with Crippen LogP contribution in [0.25, 0.3) is 0 Å². The minimum Gasteiger partial charge on any atom is -0.460 e. The summed E-state index contributed by atoms with van der Waals surface area (Å²) in [5.74, 6) is -0.390. The number of benzene rings is 1. The van der Waals surface area contributed by atoms with E-state index in [-0.39, 0.29) is 18.5 Å². The number of para-hydroxylation sites is 2. The quantitative estimate of drug-likeness (QED) is 0.875. The molecule has 3 rings (SSSR count). The van der Waals surface area contributed by atoms with Gasteiger partial charge in [0.15, 0.2) is 0 Å². The van der Waals surface area contributed by atoms with Gasteiger partial charge >= 0.3 is 5.97 Å². The van der Waals surface area contributed by atoms with E-state index in [9.17, 15) is 9.59 Å². The van der Waals surface area contributed by atoms with Crippen LogP contribution < -0.4 is 10.2 Å². The molecule has 0 radical (unpaired) electrons. The molecule has 0 fully saturated rings. The lowest BCUT2D eigenvalue weighted by Gasteiger charge is -2.39. The minimum atomic E-state index is -0.688. The second kappa shape index (κ2) is 6.04. The van der Waals surface area contributed by atoms with Crippen molar-refractivity contribution in [1.29, 1.82) is 0 Å². The molecule has 2 heterocycles. The number of esters is 1. The third kappa shape index (κ3) is 3.07. The molecule has 23 heavy (non-hydrogen) atoms. The zero-order valence-electron chi connectivity index (χ0n) is 13.0. The van der Waals surface area contributed by atoms with E-state index in [0.29, 0.717) is 11.4 Å². The maximum absolute atomic E-state index is 12.6. The Hall–Kier alpha value is -2.34. The second-order valence-corrected chi connectivity index (χ2v) is 6.78. The molecule has 1 amide bonds. The van der Waals surface area contributed by atoms with E-state index < -0.39 is 5.54 Å². The summed E-state index contributed by atoms with van der Waals surface area (Å²) in [6.07, 6.45) is 0. The molecule has 1 aromatic heterocycles. The number of rotatable bonds is 4. The van der Waals surface area contributed by atoms with Crippen molar-refractivity contribution in [2.45, 2.75) is 19.4 Å². The average Bonchev–Trinajstić information content (AvgIpc) is 3.05. The zero-order chi connectivity index (χ0) is 16.4. The molecule has 5 nitrogen and oxygen atoms in total. The molecule has 1 aromatic carbocycles. The van der Waals surface area contributed by atoms with Gasteiger partial charge in [0.05, 0.1) is 17.9 Å². The first-order valence-corrected chi connectivity index (χ1v) is 8.27. The number of nitrogens with one attached hydrogen (secondary N) is 1. The van der Waals surface area contributed by atoms with Gasteiger partial charge in [0.2, 0.25) is 0 Å². The number of fused-ring (bicyclic) bond motifs is 1. The summed E-state index contributed by atoms with van der Waals surface area (Å²) >= 11 is 1.34. The Morgan fingerprint density at radius 1 is 1.26 bits per heavy atom. The third-order valence-corrected chi connectivity index (χ3v) is 4.54. The molecule has 1 N–H and O–H groups in total. The molecule has 120 valence electrons. The van der Waals surface area contributed by atoms with Gasteiger partial charge in [-0.3, -0.25) is 4.79 Å². The normalized spacial score (nSPS) is 15.7. The van der Waals surface area contributed by atoms with Crippen LogP contribution in [0.4, 0.5) is 11.4 Å². The maximum atomic E-state index is 12.6. The molecule has 0 bridgehead atoms. The summed E-state index contributed by atoms with van der Waals surface area (Å²) in [6, 6.07) is 11.2. The molecule has 6 heteroatoms. The second-order valence-electron chi connectivity index (χ2n) is 5.84. The van der Waals surface area contributed by atoms with E-state index in [1.165, 1.54) is 11.3 Å². The predicted octanol–water partition coefficient (Wildman–Crippen LogP) is 3.14. The van der Waals surface area contributed by atoms with Gasteiger partial charge in [0.1, 0.15) is 17.0 Å². The number of hydrogen-bond donors (Lipinski definition) is 1. The van der Waals surface area contributed by atoms with Crippen LogP contribution in [0.1, 0.15) is 23.5 Å². The van der Waals surface area contributed by atoms with E-state index in [2.05, 4.69) is 5.32 Å². The zero-order valence-corrected chi connectivity index (χ0v) is 13.9. The number of carbonyl (C=O) groups is 2. The Labute approximate surface area is 138 Å². The standard InChI is InChI=1S/C17H18N2O3S/c1-17(2)16(21)19(13-7-4-3-6-12(13)18-17)9-10-22-15(20)14-8-5-11-23-14/h3-8,11,18H,9-10H2,1-2H3. The van der Waals surface area contributed by atoms with Gasteiger partial charge < -0.3 is 15.0 Å². The largest absolute Gasteiger partial charge is 0.460 e. The number of nitrogens with zero attached hydrogens (tertiary/aromatic N) is 1. The lowest BCUT2D eigenvalue weighted by Crippen LogP contribution is -2.54. The van der Waals surface area contributed by atoms with Crippen LogP contribution in [0.15, 0.2) is 41.8 Å². The van der Waals surface area contributed by atoms with Crippen molar-refractivity contribution in [3.63, 3.8) is 0 Å². The van der Waals surface area contributed by atoms with E-state index in [1.54, 1.807) is 17.0 Å². The Kier molecular flexibility index (Phi) is 4.09. The molecule has 0 saturated heterocycles. The molecule has 0 unspecified atom stereocenters. The predicted molar refractivity (Wildman–Crippen MR) is 91.1 cm³/mol. The van der Waals surface area contributed by atoms with Crippen LogP contribution in [0.2, 0.25) is 0 Å². The minimum absolute atomic E-state index is 0.0385. The van der Waals surface area contributed by atoms with Crippen molar-refractivity contribution in [2.24, 2.45) is 0 Å². The number of carbonyl (C=O) groups excluding carboxylic acids is 2. The number of amides is 1. The average molecular weight is 330 g/mol. The molecule has 0 atom stereocenters. The molecule has 0 saturated carbocycles. The molecule has 1 aliphatic rings. The maximum Gasteiger partial charge on any atom is 0.348 e. The summed E-state index contributed by atoms with van der Waals surface area (Å²) in [6.45, 7) is 4.18. The van der Waals surface area contributed by atoms with Crippen LogP contribution in [-0.2, 0) is 9.53 Å². The van der Waals surface area contributed by atoms with Gasteiger partial charge in [-0.05, 0) is 37.4 Å². The van der Waals surface area contributed by atoms with Gasteiger partial charge in [-0.15, -0.1) is 11.3 Å². The summed E-state index contributed by atoms with van der Waals surface area (Å²) in [4.78, 5) is 26.8. The van der Waals surface area contributed by atoms with Crippen LogP contribution >= 0.6 is 11.3 Å². The van der Waals surface area contributed by atoms with Gasteiger partial charge in [-0.25, -0.2) is 4.79 Å². The van der Waals surface area contributed by atoms with E-state index in [4.69, 9.17) is 4.74 Å². The molecule has 0 aliphatic carbocycles. The molecule has 0 spiro atoms. The highest BCUT2D eigenvalue weighted by Gasteiger charge is 2.38. The van der Waals surface area contributed by atoms with Crippen molar-refractivity contribution in [1.82, 2.24) is 0 Å². The smallest absolute Gasteiger partial charge is 0.348 e. The lowest BCUT2D eigenvalue weighted by molar-refractivity contribution is -0.122. The monoisotopic (exact) mass is 330 g/mol. The Bertz CT molecular complexity index is 725. The fourth-order valence-corrected chi connectivity index (χ4v) is 3.19. The van der Waals surface area contributed by atoms with Crippen LogP contribution in [0.3, 0.4) is 0 Å². The third-order valence-electron chi connectivity index (χ3n) is 3.69. The molecule has 2 aromatic rings. The first kappa shape index (κ1) is 15.6. The number of hydrogen-bond acceptors (Lipinski definition) is 5. The molecular formula is C17H18N2O3S. The van der Waals surface area contributed by atoms with Crippen LogP contribution in [0.5, 0.6) is 0 Å². The Morgan fingerprint density at radius 2 is 2.04 bits per heavy atom. The highest BCUT2D eigenvalue weighted by Crippen LogP contribution is 2.34. The topological polar surface area (TPSA) is 58.6 Å². The van der Waals surface area contributed by atoms with Gasteiger partial charge in [0.25, 0.3) is 5.91 Å². The fourth-order valence-electron chi connectivity index (χ4n) is 2.57. The van der Waals surface area contributed by atoms with Gasteiger partial charge in [0, 0.05) is 0 Å². The Balaban J connectivity index is 1.71. The first-order valence-electron chi connectivity index (χ1n) is 7.39. The van der Waals surface area contributed by atoms with Crippen molar-refractivity contribution in [3.05, 3.63) is 46.7 Å². The molecular weight excluding hydrogens is 312 g/mol. The summed E-state index contributed by atoms with van der Waals surface area (Å²) < 4.78 is 5.28. The highest BCUT2D eigenvalue weighted by atomic mass is 32.1. The van der Waals surface area contributed by atoms with E-state index >= 15 is 0 Å². The van der Waals surface area contributed by atoms with Crippen LogP contribution in [0, 0.1) is 0 Å².